The fraction of sp³-hybridized carbons (Fsp3) is 0.136. The molecule has 0 spiro atoms. The first-order valence-corrected chi connectivity index (χ1v) is 9.98. The van der Waals surface area contributed by atoms with Gasteiger partial charge < -0.3 is 16.0 Å². The number of benzene rings is 2. The van der Waals surface area contributed by atoms with E-state index in [-0.39, 0.29) is 17.7 Å². The Morgan fingerprint density at radius 1 is 0.931 bits per heavy atom. The van der Waals surface area contributed by atoms with Crippen LogP contribution in [-0.2, 0) is 11.3 Å². The van der Waals surface area contributed by atoms with E-state index in [1.807, 2.05) is 35.7 Å². The van der Waals surface area contributed by atoms with Crippen LogP contribution < -0.4 is 16.0 Å². The highest BCUT2D eigenvalue weighted by Crippen LogP contribution is 2.15. The Labute approximate surface area is 173 Å². The highest BCUT2D eigenvalue weighted by Gasteiger charge is 2.17. The molecule has 1 unspecified atom stereocenters. The molecule has 1 heterocycles. The number of carbonyl (C=O) groups is 3. The molecule has 0 saturated heterocycles. The van der Waals surface area contributed by atoms with Crippen LogP contribution in [0.3, 0.4) is 0 Å². The van der Waals surface area contributed by atoms with Crippen LogP contribution in [0.4, 0.5) is 5.69 Å². The molecule has 0 aliphatic rings. The van der Waals surface area contributed by atoms with Gasteiger partial charge in [-0.2, -0.15) is 0 Å². The second kappa shape index (κ2) is 9.66. The maximum Gasteiger partial charge on any atom is 0.265 e. The van der Waals surface area contributed by atoms with Crippen molar-refractivity contribution in [3.63, 3.8) is 0 Å². The average Bonchev–Trinajstić information content (AvgIpc) is 3.28. The predicted octanol–water partition coefficient (Wildman–Crippen LogP) is 3.44. The SMILES string of the molecule is CC(NC(=O)c1cccc(NC(=O)c2cccs2)c1)C(=O)NCc1ccccc1. The van der Waals surface area contributed by atoms with Crippen LogP contribution in [0, 0.1) is 0 Å². The first-order valence-electron chi connectivity index (χ1n) is 9.10. The number of hydrogen-bond acceptors (Lipinski definition) is 4. The van der Waals surface area contributed by atoms with E-state index in [2.05, 4.69) is 16.0 Å². The van der Waals surface area contributed by atoms with Crippen molar-refractivity contribution in [3.05, 3.63) is 88.1 Å². The number of hydrogen-bond donors (Lipinski definition) is 3. The summed E-state index contributed by atoms with van der Waals surface area (Å²) in [5.74, 6) is -0.893. The summed E-state index contributed by atoms with van der Waals surface area (Å²) in [6, 6.07) is 19.0. The van der Waals surface area contributed by atoms with Crippen LogP contribution in [0.15, 0.2) is 72.1 Å². The molecular formula is C22H21N3O3S. The van der Waals surface area contributed by atoms with Gasteiger partial charge in [0.2, 0.25) is 5.91 Å². The molecule has 0 aliphatic carbocycles. The molecule has 6 nitrogen and oxygen atoms in total. The van der Waals surface area contributed by atoms with Gasteiger partial charge >= 0.3 is 0 Å². The van der Waals surface area contributed by atoms with Gasteiger partial charge in [0.25, 0.3) is 11.8 Å². The van der Waals surface area contributed by atoms with Crippen LogP contribution in [0.2, 0.25) is 0 Å². The third-order valence-electron chi connectivity index (χ3n) is 4.18. The molecule has 0 radical (unpaired) electrons. The molecule has 3 N–H and O–H groups in total. The molecule has 3 aromatic rings. The van der Waals surface area contributed by atoms with Gasteiger partial charge in [0.15, 0.2) is 0 Å². The molecule has 0 saturated carbocycles. The van der Waals surface area contributed by atoms with Gasteiger partial charge in [0, 0.05) is 17.8 Å². The molecular weight excluding hydrogens is 386 g/mol. The Kier molecular flexibility index (Phi) is 6.76. The van der Waals surface area contributed by atoms with Gasteiger partial charge in [-0.3, -0.25) is 14.4 Å². The molecule has 2 aromatic carbocycles. The third kappa shape index (κ3) is 5.76. The molecule has 0 aliphatic heterocycles. The molecule has 7 heteroatoms. The van der Waals surface area contributed by atoms with E-state index in [0.717, 1.165) is 5.56 Å². The Morgan fingerprint density at radius 2 is 1.72 bits per heavy atom. The number of thiophene rings is 1. The first kappa shape index (κ1) is 20.3. The van der Waals surface area contributed by atoms with E-state index in [0.29, 0.717) is 22.7 Å². The smallest absolute Gasteiger partial charge is 0.265 e. The second-order valence-corrected chi connectivity index (χ2v) is 7.36. The summed E-state index contributed by atoms with van der Waals surface area (Å²) < 4.78 is 0. The van der Waals surface area contributed by atoms with Crippen molar-refractivity contribution in [1.29, 1.82) is 0 Å². The standard InChI is InChI=1S/C22H21N3O3S/c1-15(20(26)23-14-16-7-3-2-4-8-16)24-21(27)17-9-5-10-18(13-17)25-22(28)19-11-6-12-29-19/h2-13,15H,14H2,1H3,(H,23,26)(H,24,27)(H,25,28). The van der Waals surface area contributed by atoms with Crippen LogP contribution in [0.5, 0.6) is 0 Å². The third-order valence-corrected chi connectivity index (χ3v) is 5.05. The number of nitrogens with one attached hydrogen (secondary N) is 3. The Hall–Kier alpha value is -3.45. The topological polar surface area (TPSA) is 87.3 Å². The number of amides is 3. The summed E-state index contributed by atoms with van der Waals surface area (Å²) in [5, 5.41) is 10.1. The zero-order valence-electron chi connectivity index (χ0n) is 15.8. The highest BCUT2D eigenvalue weighted by molar-refractivity contribution is 7.12. The maximum atomic E-state index is 12.5. The van der Waals surface area contributed by atoms with Crippen molar-refractivity contribution < 1.29 is 14.4 Å². The van der Waals surface area contributed by atoms with Crippen molar-refractivity contribution in [2.45, 2.75) is 19.5 Å². The molecule has 0 fully saturated rings. The van der Waals surface area contributed by atoms with Crippen LogP contribution in [0.1, 0.15) is 32.5 Å². The lowest BCUT2D eigenvalue weighted by atomic mass is 10.1. The van der Waals surface area contributed by atoms with Gasteiger partial charge in [-0.25, -0.2) is 0 Å². The van der Waals surface area contributed by atoms with Gasteiger partial charge in [-0.05, 0) is 42.1 Å². The van der Waals surface area contributed by atoms with Gasteiger partial charge in [-0.1, -0.05) is 42.5 Å². The van der Waals surface area contributed by atoms with E-state index < -0.39 is 6.04 Å². The zero-order valence-corrected chi connectivity index (χ0v) is 16.7. The quantitative estimate of drug-likeness (QED) is 0.561. The molecule has 29 heavy (non-hydrogen) atoms. The van der Waals surface area contributed by atoms with E-state index in [1.54, 1.807) is 43.3 Å². The highest BCUT2D eigenvalue weighted by atomic mass is 32.1. The maximum absolute atomic E-state index is 12.5. The minimum atomic E-state index is -0.699. The zero-order chi connectivity index (χ0) is 20.6. The van der Waals surface area contributed by atoms with Crippen LogP contribution in [-0.4, -0.2) is 23.8 Å². The number of rotatable bonds is 7. The van der Waals surface area contributed by atoms with Crippen molar-refractivity contribution in [3.8, 4) is 0 Å². The summed E-state index contributed by atoms with van der Waals surface area (Å²) in [4.78, 5) is 37.5. The van der Waals surface area contributed by atoms with Gasteiger partial charge in [-0.15, -0.1) is 11.3 Å². The van der Waals surface area contributed by atoms with Crippen LogP contribution in [0.25, 0.3) is 0 Å². The average molecular weight is 407 g/mol. The van der Waals surface area contributed by atoms with Gasteiger partial charge in [0.1, 0.15) is 6.04 Å². The minimum absolute atomic E-state index is 0.230. The normalized spacial score (nSPS) is 11.3. The fourth-order valence-electron chi connectivity index (χ4n) is 2.62. The van der Waals surface area contributed by atoms with E-state index in [1.165, 1.54) is 11.3 Å². The summed E-state index contributed by atoms with van der Waals surface area (Å²) in [5.41, 5.74) is 1.85. The molecule has 1 aromatic heterocycles. The molecule has 0 bridgehead atoms. The number of anilines is 1. The lowest BCUT2D eigenvalue weighted by Crippen LogP contribution is -2.44. The van der Waals surface area contributed by atoms with Crippen molar-refractivity contribution in [2.75, 3.05) is 5.32 Å². The van der Waals surface area contributed by atoms with Crippen molar-refractivity contribution in [1.82, 2.24) is 10.6 Å². The molecule has 1 atom stereocenters. The van der Waals surface area contributed by atoms with E-state index in [4.69, 9.17) is 0 Å². The van der Waals surface area contributed by atoms with Crippen molar-refractivity contribution >= 4 is 34.7 Å². The second-order valence-electron chi connectivity index (χ2n) is 6.41. The summed E-state index contributed by atoms with van der Waals surface area (Å²) in [6.45, 7) is 2.02. The van der Waals surface area contributed by atoms with E-state index >= 15 is 0 Å². The summed E-state index contributed by atoms with van der Waals surface area (Å²) >= 11 is 1.34. The Morgan fingerprint density at radius 3 is 2.45 bits per heavy atom. The molecule has 3 amide bonds. The fourth-order valence-corrected chi connectivity index (χ4v) is 3.24. The lowest BCUT2D eigenvalue weighted by Gasteiger charge is -2.15. The lowest BCUT2D eigenvalue weighted by molar-refractivity contribution is -0.122. The summed E-state index contributed by atoms with van der Waals surface area (Å²) in [7, 11) is 0. The Bertz CT molecular complexity index is 988. The molecule has 3 rings (SSSR count). The largest absolute Gasteiger partial charge is 0.350 e. The minimum Gasteiger partial charge on any atom is -0.350 e. The number of carbonyl (C=O) groups excluding carboxylic acids is 3. The van der Waals surface area contributed by atoms with Gasteiger partial charge in [0.05, 0.1) is 4.88 Å². The van der Waals surface area contributed by atoms with Crippen molar-refractivity contribution in [2.24, 2.45) is 0 Å². The first-order chi connectivity index (χ1) is 14.0. The Balaban J connectivity index is 1.55. The van der Waals surface area contributed by atoms with E-state index in [9.17, 15) is 14.4 Å². The predicted molar refractivity (Wildman–Crippen MR) is 114 cm³/mol. The summed E-state index contributed by atoms with van der Waals surface area (Å²) in [6.07, 6.45) is 0. The molecule has 148 valence electrons. The van der Waals surface area contributed by atoms with Crippen LogP contribution >= 0.6 is 11.3 Å². The monoisotopic (exact) mass is 407 g/mol.